The van der Waals surface area contributed by atoms with E-state index in [9.17, 15) is 19.5 Å². The summed E-state index contributed by atoms with van der Waals surface area (Å²) in [6.45, 7) is -0.274. The molecule has 1 unspecified atom stereocenters. The average Bonchev–Trinajstić information content (AvgIpc) is 3.31. The first-order chi connectivity index (χ1) is 16.4. The zero-order chi connectivity index (χ0) is 23.8. The Kier molecular flexibility index (Phi) is 7.56. The Morgan fingerprint density at radius 2 is 2.09 bits per heavy atom. The number of para-hydroxylation sites is 1. The molecule has 2 amide bonds. The number of β-lactam (4-membered cyclic amide) rings is 1. The second-order valence-electron chi connectivity index (χ2n) is 7.24. The number of nitrogens with zero attached hydrogens (tertiary/aromatic N) is 4. The number of fused-ring (bicyclic) bond motifs is 2. The SMILES string of the molecule is Nc1nc(SC2=C(C(=O)[O-])N3C(=O)C(NC(=O)COc4ccccc4)[C@H]3SC2)nc2[nH]ncc12.[Na+]. The number of H-pyrrole nitrogens is 1. The van der Waals surface area contributed by atoms with Crippen molar-refractivity contribution in [1.29, 1.82) is 0 Å². The number of anilines is 1. The minimum atomic E-state index is -1.51. The molecule has 0 radical (unpaired) electrons. The van der Waals surface area contributed by atoms with Crippen LogP contribution < -0.4 is 50.5 Å². The molecule has 2 aromatic heterocycles. The van der Waals surface area contributed by atoms with Crippen molar-refractivity contribution in [2.75, 3.05) is 18.1 Å². The zero-order valence-corrected chi connectivity index (χ0v) is 21.9. The smallest absolute Gasteiger partial charge is 0.543 e. The molecule has 1 fully saturated rings. The van der Waals surface area contributed by atoms with Crippen LogP contribution in [0.5, 0.6) is 5.75 Å². The largest absolute Gasteiger partial charge is 1.00 e. The van der Waals surface area contributed by atoms with Crippen molar-refractivity contribution in [3.63, 3.8) is 0 Å². The van der Waals surface area contributed by atoms with Crippen molar-refractivity contribution >= 4 is 58.2 Å². The van der Waals surface area contributed by atoms with E-state index in [1.54, 1.807) is 24.3 Å². The van der Waals surface area contributed by atoms with Gasteiger partial charge in [-0.05, 0) is 12.1 Å². The average molecular weight is 522 g/mol. The Bertz CT molecular complexity index is 1340. The van der Waals surface area contributed by atoms with Gasteiger partial charge < -0.3 is 25.7 Å². The summed E-state index contributed by atoms with van der Waals surface area (Å²) < 4.78 is 5.39. The van der Waals surface area contributed by atoms with Crippen LogP contribution in [0.2, 0.25) is 0 Å². The molecule has 3 aromatic rings. The molecule has 2 aliphatic heterocycles. The molecule has 4 N–H and O–H groups in total. The standard InChI is InChI=1S/C20H17N7O5S2.Na/c21-15-10-6-22-26-16(10)25-20(24-15)34-11-8-33-18-13(17(29)27(18)14(11)19(30)31)23-12(28)7-32-9-4-2-1-3-5-9;/h1-6,13,18H,7-8H2,(H,23,28)(H,30,31)(H3,21,22,24,25,26);/q;+1/p-1/t13?,18-;/m1./s1. The van der Waals surface area contributed by atoms with Gasteiger partial charge in [0.15, 0.2) is 17.4 Å². The number of carbonyl (C=O) groups excluding carboxylic acids is 3. The van der Waals surface area contributed by atoms with Crippen LogP contribution in [0.15, 0.2) is 52.3 Å². The third kappa shape index (κ3) is 4.97. The molecule has 35 heavy (non-hydrogen) atoms. The fourth-order valence-corrected chi connectivity index (χ4v) is 5.95. The van der Waals surface area contributed by atoms with Gasteiger partial charge in [0.25, 0.3) is 11.8 Å². The van der Waals surface area contributed by atoms with Gasteiger partial charge in [-0.25, -0.2) is 9.97 Å². The number of amides is 2. The molecular weight excluding hydrogens is 505 g/mol. The molecule has 0 bridgehead atoms. The predicted molar refractivity (Wildman–Crippen MR) is 121 cm³/mol. The van der Waals surface area contributed by atoms with Crippen molar-refractivity contribution in [2.24, 2.45) is 0 Å². The number of benzene rings is 1. The van der Waals surface area contributed by atoms with E-state index in [0.717, 1.165) is 16.7 Å². The first kappa shape index (κ1) is 25.3. The number of ether oxygens (including phenoxy) is 1. The van der Waals surface area contributed by atoms with Gasteiger partial charge in [-0.3, -0.25) is 19.6 Å². The molecule has 15 heteroatoms. The van der Waals surface area contributed by atoms with E-state index in [-0.39, 0.29) is 58.6 Å². The number of thioether (sulfide) groups is 2. The van der Waals surface area contributed by atoms with Crippen LogP contribution in [-0.2, 0) is 14.4 Å². The summed E-state index contributed by atoms with van der Waals surface area (Å²) in [6, 6.07) is 7.91. The number of hydrogen-bond donors (Lipinski definition) is 3. The second kappa shape index (κ2) is 10.5. The molecule has 0 saturated carbocycles. The van der Waals surface area contributed by atoms with Crippen molar-refractivity contribution in [3.8, 4) is 5.75 Å². The van der Waals surface area contributed by atoms with Gasteiger partial charge in [-0.2, -0.15) is 5.10 Å². The molecule has 1 aromatic carbocycles. The number of carboxylic acids is 1. The second-order valence-corrected chi connectivity index (χ2v) is 9.41. The first-order valence-corrected chi connectivity index (χ1v) is 11.8. The zero-order valence-electron chi connectivity index (χ0n) is 18.3. The molecular formula is C20H16N7NaO5S2. The molecule has 0 aliphatic carbocycles. The maximum atomic E-state index is 12.8. The van der Waals surface area contributed by atoms with E-state index in [0.29, 0.717) is 21.7 Å². The molecule has 2 aliphatic rings. The van der Waals surface area contributed by atoms with Crippen LogP contribution in [0.1, 0.15) is 0 Å². The van der Waals surface area contributed by atoms with E-state index in [1.807, 2.05) is 6.07 Å². The van der Waals surface area contributed by atoms with Crippen LogP contribution >= 0.6 is 23.5 Å². The van der Waals surface area contributed by atoms with Crippen LogP contribution in [0.3, 0.4) is 0 Å². The monoisotopic (exact) mass is 521 g/mol. The third-order valence-corrected chi connectivity index (χ3v) is 7.50. The molecule has 5 rings (SSSR count). The van der Waals surface area contributed by atoms with Crippen LogP contribution in [-0.4, -0.2) is 66.6 Å². The van der Waals surface area contributed by atoms with Crippen LogP contribution in [0.4, 0.5) is 5.82 Å². The van der Waals surface area contributed by atoms with Crippen molar-refractivity contribution in [2.45, 2.75) is 16.6 Å². The molecule has 1 saturated heterocycles. The van der Waals surface area contributed by atoms with E-state index in [2.05, 4.69) is 25.5 Å². The summed E-state index contributed by atoms with van der Waals surface area (Å²) in [6.07, 6.45) is 1.49. The molecule has 2 atom stereocenters. The maximum Gasteiger partial charge on any atom is 1.00 e. The van der Waals surface area contributed by atoms with Crippen LogP contribution in [0, 0.1) is 0 Å². The van der Waals surface area contributed by atoms with E-state index >= 15 is 0 Å². The number of aliphatic carboxylic acids is 1. The third-order valence-electron chi connectivity index (χ3n) is 5.09. The van der Waals surface area contributed by atoms with Gasteiger partial charge in [0.05, 0.1) is 23.2 Å². The summed E-state index contributed by atoms with van der Waals surface area (Å²) in [7, 11) is 0. The topological polar surface area (TPSA) is 179 Å². The molecule has 12 nitrogen and oxygen atoms in total. The Hall–Kier alpha value is -2.78. The number of aromatic amines is 1. The van der Waals surface area contributed by atoms with Crippen molar-refractivity contribution in [1.82, 2.24) is 30.4 Å². The Balaban J connectivity index is 0.00000289. The number of nitrogens with one attached hydrogen (secondary N) is 2. The Morgan fingerprint density at radius 3 is 2.83 bits per heavy atom. The van der Waals surface area contributed by atoms with E-state index in [1.165, 1.54) is 18.0 Å². The minimum Gasteiger partial charge on any atom is -0.543 e. The number of nitrogen functional groups attached to an aromatic ring is 1. The first-order valence-electron chi connectivity index (χ1n) is 9.93. The molecule has 174 valence electrons. The minimum absolute atomic E-state index is 0. The Labute approximate surface area is 228 Å². The van der Waals surface area contributed by atoms with Gasteiger partial charge >= 0.3 is 29.6 Å². The van der Waals surface area contributed by atoms with Gasteiger partial charge in [0.1, 0.15) is 23.0 Å². The Morgan fingerprint density at radius 1 is 1.31 bits per heavy atom. The number of hydrogen-bond acceptors (Lipinski definition) is 11. The van der Waals surface area contributed by atoms with E-state index in [4.69, 9.17) is 10.5 Å². The summed E-state index contributed by atoms with van der Waals surface area (Å²) in [4.78, 5) is 46.9. The van der Waals surface area contributed by atoms with E-state index < -0.39 is 29.2 Å². The fraction of sp³-hybridized carbons (Fsp3) is 0.200. The number of carbonyl (C=O) groups is 3. The molecule has 0 spiro atoms. The summed E-state index contributed by atoms with van der Waals surface area (Å²) >= 11 is 2.29. The van der Waals surface area contributed by atoms with Gasteiger partial charge in [0, 0.05) is 10.7 Å². The number of nitrogens with two attached hydrogens (primary N) is 1. The quantitative estimate of drug-likeness (QED) is 0.159. The predicted octanol–water partition coefficient (Wildman–Crippen LogP) is -3.53. The number of rotatable bonds is 7. The number of carboxylic acid groups (broad SMARTS) is 1. The maximum absolute atomic E-state index is 12.8. The summed E-state index contributed by atoms with van der Waals surface area (Å²) in [5.74, 6) is -1.58. The van der Waals surface area contributed by atoms with Crippen molar-refractivity contribution < 1.29 is 53.8 Å². The van der Waals surface area contributed by atoms with Gasteiger partial charge in [0.2, 0.25) is 0 Å². The summed E-state index contributed by atoms with van der Waals surface area (Å²) in [5, 5.41) is 21.3. The summed E-state index contributed by atoms with van der Waals surface area (Å²) in [5.41, 5.74) is 6.06. The fourth-order valence-electron chi connectivity index (χ4n) is 3.53. The van der Waals surface area contributed by atoms with Gasteiger partial charge in [-0.15, -0.1) is 11.8 Å². The van der Waals surface area contributed by atoms with Crippen LogP contribution in [0.25, 0.3) is 11.0 Å². The van der Waals surface area contributed by atoms with Gasteiger partial charge in [-0.1, -0.05) is 30.0 Å². The normalized spacial score (nSPS) is 19.0. The van der Waals surface area contributed by atoms with Crippen molar-refractivity contribution in [3.05, 3.63) is 47.1 Å². The molecule has 4 heterocycles. The number of aromatic nitrogens is 4.